The summed E-state index contributed by atoms with van der Waals surface area (Å²) in [7, 11) is 4.06. The average molecular weight is 269 g/mol. The van der Waals surface area contributed by atoms with Gasteiger partial charge in [0, 0.05) is 48.9 Å². The maximum absolute atomic E-state index is 9.13. The van der Waals surface area contributed by atoms with Crippen molar-refractivity contribution >= 4 is 10.9 Å². The number of hydrogen-bond acceptors (Lipinski definition) is 2. The lowest BCUT2D eigenvalue weighted by molar-refractivity contribution is 0.295. The fourth-order valence-corrected chi connectivity index (χ4v) is 2.75. The molecule has 0 aliphatic heterocycles. The second-order valence-electron chi connectivity index (χ2n) is 5.17. The molecule has 0 saturated heterocycles. The zero-order valence-corrected chi connectivity index (χ0v) is 12.1. The van der Waals surface area contributed by atoms with Crippen LogP contribution in [-0.2, 0) is 20.5 Å². The largest absolute Gasteiger partial charge is 0.396 e. The summed E-state index contributed by atoms with van der Waals surface area (Å²) >= 11 is 0. The standard InChI is InChI=1S/C16H19N3O/c1-11-16(17-15(8-9-20)19(11)3)13-10-18(2)14-7-5-4-6-12(13)14/h4-7,10,20H,8-9H2,1-3H3. The monoisotopic (exact) mass is 269 g/mol. The number of aliphatic hydroxyl groups is 1. The molecule has 0 unspecified atom stereocenters. The molecule has 0 radical (unpaired) electrons. The van der Waals surface area contributed by atoms with Crippen LogP contribution in [0.15, 0.2) is 30.5 Å². The molecule has 1 N–H and O–H groups in total. The van der Waals surface area contributed by atoms with Crippen molar-refractivity contribution < 1.29 is 5.11 Å². The van der Waals surface area contributed by atoms with Crippen LogP contribution in [0.4, 0.5) is 0 Å². The summed E-state index contributed by atoms with van der Waals surface area (Å²) in [5, 5.41) is 10.3. The molecule has 0 aliphatic carbocycles. The lowest BCUT2D eigenvalue weighted by Gasteiger charge is -2.00. The maximum Gasteiger partial charge on any atom is 0.111 e. The number of aliphatic hydroxyl groups excluding tert-OH is 1. The minimum atomic E-state index is 0.124. The Hall–Kier alpha value is -2.07. The van der Waals surface area contributed by atoms with Crippen LogP contribution in [0, 0.1) is 6.92 Å². The van der Waals surface area contributed by atoms with Crippen molar-refractivity contribution in [1.29, 1.82) is 0 Å². The van der Waals surface area contributed by atoms with Crippen molar-refractivity contribution in [3.8, 4) is 11.3 Å². The van der Waals surface area contributed by atoms with Gasteiger partial charge >= 0.3 is 0 Å². The summed E-state index contributed by atoms with van der Waals surface area (Å²) in [6.07, 6.45) is 2.71. The van der Waals surface area contributed by atoms with E-state index in [-0.39, 0.29) is 6.61 Å². The molecule has 3 rings (SSSR count). The number of fused-ring (bicyclic) bond motifs is 1. The Morgan fingerprint density at radius 2 is 1.95 bits per heavy atom. The highest BCUT2D eigenvalue weighted by Crippen LogP contribution is 2.31. The highest BCUT2D eigenvalue weighted by Gasteiger charge is 2.16. The van der Waals surface area contributed by atoms with E-state index >= 15 is 0 Å². The molecule has 2 heterocycles. The molecule has 0 bridgehead atoms. The van der Waals surface area contributed by atoms with Gasteiger partial charge in [0.15, 0.2) is 0 Å². The van der Waals surface area contributed by atoms with Crippen LogP contribution < -0.4 is 0 Å². The van der Waals surface area contributed by atoms with Crippen LogP contribution in [0.1, 0.15) is 11.5 Å². The van der Waals surface area contributed by atoms with Gasteiger partial charge in [-0.1, -0.05) is 18.2 Å². The van der Waals surface area contributed by atoms with E-state index in [4.69, 9.17) is 10.1 Å². The topological polar surface area (TPSA) is 43.0 Å². The van der Waals surface area contributed by atoms with Gasteiger partial charge in [-0.25, -0.2) is 4.98 Å². The average Bonchev–Trinajstić information content (AvgIpc) is 2.92. The number of aryl methyl sites for hydroxylation is 1. The van der Waals surface area contributed by atoms with E-state index in [9.17, 15) is 0 Å². The zero-order chi connectivity index (χ0) is 14.3. The first kappa shape index (κ1) is 12.9. The van der Waals surface area contributed by atoms with Gasteiger partial charge in [-0.2, -0.15) is 0 Å². The Morgan fingerprint density at radius 1 is 1.20 bits per heavy atom. The third kappa shape index (κ3) is 1.84. The van der Waals surface area contributed by atoms with Crippen LogP contribution in [0.5, 0.6) is 0 Å². The third-order valence-electron chi connectivity index (χ3n) is 3.96. The van der Waals surface area contributed by atoms with E-state index in [1.807, 2.05) is 7.05 Å². The first-order chi connectivity index (χ1) is 9.63. The highest BCUT2D eigenvalue weighted by molar-refractivity contribution is 5.95. The molecule has 0 saturated carbocycles. The normalized spacial score (nSPS) is 11.4. The molecule has 0 spiro atoms. The minimum Gasteiger partial charge on any atom is -0.396 e. The number of nitrogens with zero attached hydrogens (tertiary/aromatic N) is 3. The fourth-order valence-electron chi connectivity index (χ4n) is 2.75. The first-order valence-corrected chi connectivity index (χ1v) is 6.81. The van der Waals surface area contributed by atoms with Gasteiger partial charge in [-0.05, 0) is 13.0 Å². The Morgan fingerprint density at radius 3 is 2.70 bits per heavy atom. The number of benzene rings is 1. The first-order valence-electron chi connectivity index (χ1n) is 6.81. The summed E-state index contributed by atoms with van der Waals surface area (Å²) in [4.78, 5) is 4.72. The molecule has 20 heavy (non-hydrogen) atoms. The molecule has 0 aliphatic rings. The van der Waals surface area contributed by atoms with Gasteiger partial charge in [-0.15, -0.1) is 0 Å². The van der Waals surface area contributed by atoms with E-state index in [0.717, 1.165) is 22.8 Å². The van der Waals surface area contributed by atoms with Gasteiger partial charge in [0.25, 0.3) is 0 Å². The smallest absolute Gasteiger partial charge is 0.111 e. The van der Waals surface area contributed by atoms with Crippen molar-refractivity contribution in [2.24, 2.45) is 14.1 Å². The molecule has 0 amide bonds. The minimum absolute atomic E-state index is 0.124. The lowest BCUT2D eigenvalue weighted by Crippen LogP contribution is -2.01. The van der Waals surface area contributed by atoms with Crippen molar-refractivity contribution in [3.63, 3.8) is 0 Å². The van der Waals surface area contributed by atoms with Gasteiger partial charge in [0.05, 0.1) is 12.3 Å². The Balaban J connectivity index is 2.23. The second kappa shape index (κ2) is 4.80. The van der Waals surface area contributed by atoms with Gasteiger partial charge < -0.3 is 14.2 Å². The van der Waals surface area contributed by atoms with Gasteiger partial charge in [0.1, 0.15) is 5.82 Å². The van der Waals surface area contributed by atoms with E-state index in [1.165, 1.54) is 10.9 Å². The quantitative estimate of drug-likeness (QED) is 0.793. The van der Waals surface area contributed by atoms with Gasteiger partial charge in [-0.3, -0.25) is 0 Å². The summed E-state index contributed by atoms with van der Waals surface area (Å²) in [6, 6.07) is 8.35. The van der Waals surface area contributed by atoms with E-state index in [2.05, 4.69) is 53.6 Å². The second-order valence-corrected chi connectivity index (χ2v) is 5.17. The SMILES string of the molecule is Cc1c(-c2cn(C)c3ccccc23)nc(CCO)n1C. The molecule has 0 atom stereocenters. The summed E-state index contributed by atoms with van der Waals surface area (Å²) < 4.78 is 4.19. The Kier molecular flexibility index (Phi) is 3.10. The molecular formula is C16H19N3O. The number of rotatable bonds is 3. The van der Waals surface area contributed by atoms with E-state index in [0.29, 0.717) is 6.42 Å². The van der Waals surface area contributed by atoms with E-state index < -0.39 is 0 Å². The molecule has 2 aromatic heterocycles. The third-order valence-corrected chi connectivity index (χ3v) is 3.96. The summed E-state index contributed by atoms with van der Waals surface area (Å²) in [5.74, 6) is 0.924. The number of para-hydroxylation sites is 1. The van der Waals surface area contributed by atoms with Crippen molar-refractivity contribution in [1.82, 2.24) is 14.1 Å². The number of imidazole rings is 1. The molecule has 4 heteroatoms. The fraction of sp³-hybridized carbons (Fsp3) is 0.312. The Bertz CT molecular complexity index is 767. The predicted molar refractivity (Wildman–Crippen MR) is 80.6 cm³/mol. The van der Waals surface area contributed by atoms with Crippen molar-refractivity contribution in [2.75, 3.05) is 6.61 Å². The molecular weight excluding hydrogens is 250 g/mol. The molecule has 3 aromatic rings. The zero-order valence-electron chi connectivity index (χ0n) is 12.1. The molecule has 0 fully saturated rings. The number of hydrogen-bond donors (Lipinski definition) is 1. The lowest BCUT2D eigenvalue weighted by atomic mass is 10.1. The summed E-state index contributed by atoms with van der Waals surface area (Å²) in [5.41, 5.74) is 4.49. The van der Waals surface area contributed by atoms with Crippen LogP contribution in [0.2, 0.25) is 0 Å². The summed E-state index contributed by atoms with van der Waals surface area (Å²) in [6.45, 7) is 2.20. The molecule has 1 aromatic carbocycles. The van der Waals surface area contributed by atoms with E-state index in [1.54, 1.807) is 0 Å². The molecule has 4 nitrogen and oxygen atoms in total. The van der Waals surface area contributed by atoms with Crippen LogP contribution in [-0.4, -0.2) is 25.8 Å². The highest BCUT2D eigenvalue weighted by atomic mass is 16.3. The maximum atomic E-state index is 9.13. The van der Waals surface area contributed by atoms with Crippen molar-refractivity contribution in [3.05, 3.63) is 42.0 Å². The predicted octanol–water partition coefficient (Wildman–Crippen LogP) is 2.42. The van der Waals surface area contributed by atoms with Crippen LogP contribution >= 0.6 is 0 Å². The van der Waals surface area contributed by atoms with Crippen LogP contribution in [0.25, 0.3) is 22.2 Å². The number of aromatic nitrogens is 3. The Labute approximate surface area is 118 Å². The van der Waals surface area contributed by atoms with Gasteiger partial charge in [0.2, 0.25) is 0 Å². The van der Waals surface area contributed by atoms with Crippen LogP contribution in [0.3, 0.4) is 0 Å². The van der Waals surface area contributed by atoms with Crippen molar-refractivity contribution in [2.45, 2.75) is 13.3 Å². The molecule has 104 valence electrons.